The van der Waals surface area contributed by atoms with Crippen molar-refractivity contribution in [3.05, 3.63) is 24.0 Å². The van der Waals surface area contributed by atoms with Crippen LogP contribution in [0.4, 0.5) is 18.9 Å². The van der Waals surface area contributed by atoms with Gasteiger partial charge in [-0.15, -0.1) is 0 Å². The monoisotopic (exact) mass is 289 g/mol. The molecule has 0 radical (unpaired) electrons. The average molecular weight is 289 g/mol. The summed E-state index contributed by atoms with van der Waals surface area (Å²) >= 11 is 0. The number of pyridine rings is 1. The van der Waals surface area contributed by atoms with Crippen molar-refractivity contribution < 1.29 is 22.7 Å². The van der Waals surface area contributed by atoms with Gasteiger partial charge in [0.1, 0.15) is 5.69 Å². The molecule has 1 aromatic rings. The molecule has 1 amide bonds. The second-order valence-corrected chi connectivity index (χ2v) is 4.38. The number of morpholine rings is 1. The molecule has 1 fully saturated rings. The van der Waals surface area contributed by atoms with E-state index in [1.165, 1.54) is 6.07 Å². The maximum Gasteiger partial charge on any atom is 0.433 e. The first-order chi connectivity index (χ1) is 9.45. The number of hydrogen-bond acceptors (Lipinski definition) is 4. The Morgan fingerprint density at radius 1 is 1.50 bits per heavy atom. The van der Waals surface area contributed by atoms with Crippen molar-refractivity contribution >= 4 is 11.6 Å². The fraction of sp³-hybridized carbons (Fsp3) is 0.500. The average Bonchev–Trinajstić information content (AvgIpc) is 2.39. The summed E-state index contributed by atoms with van der Waals surface area (Å²) in [6.45, 7) is 1.87. The molecule has 1 aromatic heterocycles. The molecule has 1 atom stereocenters. The molecule has 2 heterocycles. The van der Waals surface area contributed by atoms with Gasteiger partial charge in [0.05, 0.1) is 31.0 Å². The van der Waals surface area contributed by atoms with E-state index in [9.17, 15) is 18.0 Å². The van der Waals surface area contributed by atoms with Crippen LogP contribution in [0.1, 0.15) is 12.1 Å². The first-order valence-corrected chi connectivity index (χ1v) is 6.10. The van der Waals surface area contributed by atoms with E-state index in [-0.39, 0.29) is 24.1 Å². The van der Waals surface area contributed by atoms with Gasteiger partial charge in [-0.3, -0.25) is 4.79 Å². The summed E-state index contributed by atoms with van der Waals surface area (Å²) in [5.74, 6) is -0.319. The molecule has 2 rings (SSSR count). The number of amides is 1. The minimum atomic E-state index is -4.48. The lowest BCUT2D eigenvalue weighted by atomic mass is 10.2. The number of ether oxygens (including phenoxy) is 1. The predicted octanol–water partition coefficient (Wildman–Crippen LogP) is 1.42. The molecule has 0 saturated carbocycles. The molecular weight excluding hydrogens is 275 g/mol. The Kier molecular flexibility index (Phi) is 4.56. The molecule has 0 aliphatic carbocycles. The molecule has 20 heavy (non-hydrogen) atoms. The highest BCUT2D eigenvalue weighted by Gasteiger charge is 2.32. The second kappa shape index (κ2) is 6.19. The van der Waals surface area contributed by atoms with E-state index in [1.54, 1.807) is 0 Å². The van der Waals surface area contributed by atoms with Crippen LogP contribution in [0, 0.1) is 0 Å². The van der Waals surface area contributed by atoms with Crippen LogP contribution in [0.3, 0.4) is 0 Å². The van der Waals surface area contributed by atoms with Crippen molar-refractivity contribution in [2.24, 2.45) is 0 Å². The zero-order chi connectivity index (χ0) is 14.6. The summed E-state index contributed by atoms with van der Waals surface area (Å²) in [5.41, 5.74) is -0.762. The SMILES string of the molecule is O=C(CC1CNCCO1)Nc1ccc(C(F)(F)F)nc1. The van der Waals surface area contributed by atoms with Crippen LogP contribution in [0.5, 0.6) is 0 Å². The number of carbonyl (C=O) groups excluding carboxylic acids is 1. The van der Waals surface area contributed by atoms with Gasteiger partial charge in [-0.2, -0.15) is 13.2 Å². The molecule has 0 bridgehead atoms. The molecule has 1 unspecified atom stereocenters. The smallest absolute Gasteiger partial charge is 0.375 e. The number of hydrogen-bond donors (Lipinski definition) is 2. The quantitative estimate of drug-likeness (QED) is 0.883. The van der Waals surface area contributed by atoms with Crippen molar-refractivity contribution in [3.63, 3.8) is 0 Å². The number of carbonyl (C=O) groups is 1. The van der Waals surface area contributed by atoms with Gasteiger partial charge in [-0.05, 0) is 12.1 Å². The van der Waals surface area contributed by atoms with Crippen molar-refractivity contribution in [1.82, 2.24) is 10.3 Å². The Hall–Kier alpha value is -1.67. The summed E-state index contributed by atoms with van der Waals surface area (Å²) in [5, 5.41) is 5.58. The Balaban J connectivity index is 1.87. The lowest BCUT2D eigenvalue weighted by Crippen LogP contribution is -2.40. The van der Waals surface area contributed by atoms with Crippen molar-refractivity contribution in [2.75, 3.05) is 25.0 Å². The molecule has 8 heteroatoms. The fourth-order valence-corrected chi connectivity index (χ4v) is 1.81. The first kappa shape index (κ1) is 14.7. The third-order valence-corrected chi connectivity index (χ3v) is 2.76. The van der Waals surface area contributed by atoms with Crippen molar-refractivity contribution in [2.45, 2.75) is 18.7 Å². The van der Waals surface area contributed by atoms with E-state index in [2.05, 4.69) is 15.6 Å². The van der Waals surface area contributed by atoms with E-state index in [4.69, 9.17) is 4.74 Å². The third-order valence-electron chi connectivity index (χ3n) is 2.76. The van der Waals surface area contributed by atoms with Gasteiger partial charge in [0.25, 0.3) is 0 Å². The number of rotatable bonds is 3. The molecule has 1 aliphatic heterocycles. The Bertz CT molecular complexity index is 456. The summed E-state index contributed by atoms with van der Waals surface area (Å²) in [6, 6.07) is 2.00. The van der Waals surface area contributed by atoms with Crippen LogP contribution in [0.2, 0.25) is 0 Å². The number of nitrogens with zero attached hydrogens (tertiary/aromatic N) is 1. The van der Waals surface area contributed by atoms with Crippen molar-refractivity contribution in [3.8, 4) is 0 Å². The Morgan fingerprint density at radius 2 is 2.30 bits per heavy atom. The molecule has 5 nitrogen and oxygen atoms in total. The van der Waals surface area contributed by atoms with Gasteiger partial charge in [0, 0.05) is 13.1 Å². The summed E-state index contributed by atoms with van der Waals surface area (Å²) < 4.78 is 42.3. The predicted molar refractivity (Wildman–Crippen MR) is 65.1 cm³/mol. The van der Waals surface area contributed by atoms with E-state index < -0.39 is 11.9 Å². The molecule has 1 aliphatic rings. The second-order valence-electron chi connectivity index (χ2n) is 4.38. The standard InChI is InChI=1S/C12H14F3N3O2/c13-12(14,15)10-2-1-8(6-17-10)18-11(19)5-9-7-16-3-4-20-9/h1-2,6,9,16H,3-5,7H2,(H,18,19). The van der Waals surface area contributed by atoms with E-state index in [1.807, 2.05) is 0 Å². The number of alkyl halides is 3. The minimum Gasteiger partial charge on any atom is -0.375 e. The maximum atomic E-state index is 12.3. The fourth-order valence-electron chi connectivity index (χ4n) is 1.81. The highest BCUT2D eigenvalue weighted by Crippen LogP contribution is 2.27. The lowest BCUT2D eigenvalue weighted by Gasteiger charge is -2.23. The number of aromatic nitrogens is 1. The molecular formula is C12H14F3N3O2. The van der Waals surface area contributed by atoms with Gasteiger partial charge < -0.3 is 15.4 Å². The minimum absolute atomic E-state index is 0.147. The summed E-state index contributed by atoms with van der Waals surface area (Å²) in [4.78, 5) is 15.0. The van der Waals surface area contributed by atoms with E-state index in [0.29, 0.717) is 13.2 Å². The molecule has 0 aromatic carbocycles. The van der Waals surface area contributed by atoms with Crippen LogP contribution in [-0.4, -0.2) is 36.7 Å². The van der Waals surface area contributed by atoms with Gasteiger partial charge in [-0.25, -0.2) is 4.98 Å². The maximum absolute atomic E-state index is 12.3. The van der Waals surface area contributed by atoms with Crippen LogP contribution < -0.4 is 10.6 Å². The number of nitrogens with one attached hydrogen (secondary N) is 2. The zero-order valence-electron chi connectivity index (χ0n) is 10.5. The van der Waals surface area contributed by atoms with Gasteiger partial charge in [0.15, 0.2) is 0 Å². The summed E-state index contributed by atoms with van der Waals surface area (Å²) in [7, 11) is 0. The van der Waals surface area contributed by atoms with E-state index >= 15 is 0 Å². The van der Waals surface area contributed by atoms with Crippen molar-refractivity contribution in [1.29, 1.82) is 0 Å². The van der Waals surface area contributed by atoms with Gasteiger partial charge in [-0.1, -0.05) is 0 Å². The van der Waals surface area contributed by atoms with Crippen LogP contribution in [0.25, 0.3) is 0 Å². The zero-order valence-corrected chi connectivity index (χ0v) is 10.5. The molecule has 2 N–H and O–H groups in total. The highest BCUT2D eigenvalue weighted by atomic mass is 19.4. The van der Waals surface area contributed by atoms with Gasteiger partial charge >= 0.3 is 6.18 Å². The van der Waals surface area contributed by atoms with Gasteiger partial charge in [0.2, 0.25) is 5.91 Å². The van der Waals surface area contributed by atoms with Crippen LogP contribution in [-0.2, 0) is 15.7 Å². The molecule has 1 saturated heterocycles. The number of anilines is 1. The Morgan fingerprint density at radius 3 is 2.85 bits per heavy atom. The molecule has 0 spiro atoms. The largest absolute Gasteiger partial charge is 0.433 e. The third kappa shape index (κ3) is 4.17. The first-order valence-electron chi connectivity index (χ1n) is 6.10. The Labute approximate surface area is 113 Å². The highest BCUT2D eigenvalue weighted by molar-refractivity contribution is 5.90. The number of halogens is 3. The van der Waals surface area contributed by atoms with E-state index in [0.717, 1.165) is 18.8 Å². The summed E-state index contributed by atoms with van der Waals surface area (Å²) in [6.07, 6.45) is -3.56. The van der Waals surface area contributed by atoms with Crippen LogP contribution >= 0.6 is 0 Å². The molecule has 110 valence electrons. The lowest BCUT2D eigenvalue weighted by molar-refractivity contribution is -0.141. The topological polar surface area (TPSA) is 63.2 Å². The van der Waals surface area contributed by atoms with Crippen LogP contribution in [0.15, 0.2) is 18.3 Å². The normalized spacial score (nSPS) is 19.6.